The zero-order valence-corrected chi connectivity index (χ0v) is 10.6. The molecule has 0 unspecified atom stereocenters. The van der Waals surface area contributed by atoms with Gasteiger partial charge in [0.2, 0.25) is 0 Å². The largest absolute Gasteiger partial charge is 0.244 e. The third-order valence-electron chi connectivity index (χ3n) is 2.13. The van der Waals surface area contributed by atoms with Crippen LogP contribution in [0.3, 0.4) is 0 Å². The van der Waals surface area contributed by atoms with Gasteiger partial charge in [0.1, 0.15) is 12.4 Å². The summed E-state index contributed by atoms with van der Waals surface area (Å²) in [4.78, 5) is 7.71. The Hall–Kier alpha value is -1.34. The minimum atomic E-state index is 0.200. The zero-order valence-electron chi connectivity index (χ0n) is 8.28. The normalized spacial score (nSPS) is 10.0. The minimum absolute atomic E-state index is 0.200. The second-order valence-electron chi connectivity index (χ2n) is 3.12. The Bertz CT molecular complexity index is 620. The number of hydrogen-bond acceptors (Lipinski definition) is 3. The first-order chi connectivity index (χ1) is 8.15. The Morgan fingerprint density at radius 3 is 2.53 bits per heavy atom. The SMILES string of the molecule is N#Cc1ncncc1-c1c(Cl)ccc(Cl)c1Cl. The summed E-state index contributed by atoms with van der Waals surface area (Å²) in [5.41, 5.74) is 1.14. The lowest BCUT2D eigenvalue weighted by Gasteiger charge is -2.08. The molecule has 84 valence electrons. The van der Waals surface area contributed by atoms with Crippen molar-refractivity contribution < 1.29 is 0 Å². The lowest BCUT2D eigenvalue weighted by Crippen LogP contribution is -1.92. The van der Waals surface area contributed by atoms with Crippen molar-refractivity contribution >= 4 is 34.8 Å². The smallest absolute Gasteiger partial charge is 0.151 e. The van der Waals surface area contributed by atoms with Crippen LogP contribution in [0.4, 0.5) is 0 Å². The summed E-state index contributed by atoms with van der Waals surface area (Å²) < 4.78 is 0. The highest BCUT2D eigenvalue weighted by Crippen LogP contribution is 2.39. The fourth-order valence-corrected chi connectivity index (χ4v) is 2.11. The molecule has 1 aromatic carbocycles. The van der Waals surface area contributed by atoms with E-state index < -0.39 is 0 Å². The Balaban J connectivity index is 2.78. The van der Waals surface area contributed by atoms with Crippen LogP contribution < -0.4 is 0 Å². The molecule has 0 saturated carbocycles. The Labute approximate surface area is 113 Å². The van der Waals surface area contributed by atoms with Gasteiger partial charge in [-0.15, -0.1) is 0 Å². The molecule has 1 heterocycles. The number of halogens is 3. The summed E-state index contributed by atoms with van der Waals surface area (Å²) in [7, 11) is 0. The van der Waals surface area contributed by atoms with Gasteiger partial charge in [-0.05, 0) is 12.1 Å². The third kappa shape index (κ3) is 2.20. The molecular formula is C11H4Cl3N3. The molecule has 0 amide bonds. The molecule has 0 saturated heterocycles. The molecule has 3 nitrogen and oxygen atoms in total. The average molecular weight is 285 g/mol. The van der Waals surface area contributed by atoms with Crippen molar-refractivity contribution in [3.05, 3.63) is 45.4 Å². The van der Waals surface area contributed by atoms with Gasteiger partial charge in [-0.1, -0.05) is 34.8 Å². The number of nitrogens with zero attached hydrogens (tertiary/aromatic N) is 3. The molecule has 6 heteroatoms. The van der Waals surface area contributed by atoms with E-state index in [-0.39, 0.29) is 10.7 Å². The molecule has 0 bridgehead atoms. The van der Waals surface area contributed by atoms with E-state index in [2.05, 4.69) is 9.97 Å². The van der Waals surface area contributed by atoms with Gasteiger partial charge in [0.05, 0.1) is 15.1 Å². The van der Waals surface area contributed by atoms with Gasteiger partial charge in [-0.25, -0.2) is 9.97 Å². The number of benzene rings is 1. The van der Waals surface area contributed by atoms with E-state index in [9.17, 15) is 0 Å². The quantitative estimate of drug-likeness (QED) is 0.744. The van der Waals surface area contributed by atoms with Crippen molar-refractivity contribution in [3.63, 3.8) is 0 Å². The summed E-state index contributed by atoms with van der Waals surface area (Å²) in [6.07, 6.45) is 2.77. The van der Waals surface area contributed by atoms with E-state index in [0.717, 1.165) is 0 Å². The molecule has 2 aromatic rings. The maximum absolute atomic E-state index is 8.97. The molecule has 0 aliphatic rings. The second kappa shape index (κ2) is 4.89. The second-order valence-corrected chi connectivity index (χ2v) is 4.31. The highest BCUT2D eigenvalue weighted by Gasteiger charge is 2.15. The van der Waals surface area contributed by atoms with Crippen molar-refractivity contribution in [2.45, 2.75) is 0 Å². The van der Waals surface area contributed by atoms with Crippen molar-refractivity contribution in [1.29, 1.82) is 5.26 Å². The highest BCUT2D eigenvalue weighted by atomic mass is 35.5. The molecule has 0 atom stereocenters. The van der Waals surface area contributed by atoms with Gasteiger partial charge in [-0.2, -0.15) is 5.26 Å². The van der Waals surface area contributed by atoms with Crippen LogP contribution in [0.2, 0.25) is 15.1 Å². The minimum Gasteiger partial charge on any atom is -0.244 e. The lowest BCUT2D eigenvalue weighted by atomic mass is 10.1. The third-order valence-corrected chi connectivity index (χ3v) is 3.25. The average Bonchev–Trinajstić information content (AvgIpc) is 2.35. The van der Waals surface area contributed by atoms with E-state index in [1.807, 2.05) is 6.07 Å². The summed E-state index contributed by atoms with van der Waals surface area (Å²) in [5.74, 6) is 0. The number of hydrogen-bond donors (Lipinski definition) is 0. The summed E-state index contributed by atoms with van der Waals surface area (Å²) >= 11 is 18.1. The van der Waals surface area contributed by atoms with E-state index in [0.29, 0.717) is 21.2 Å². The molecule has 0 aliphatic heterocycles. The van der Waals surface area contributed by atoms with Crippen LogP contribution in [0.5, 0.6) is 0 Å². The maximum atomic E-state index is 8.97. The number of aromatic nitrogens is 2. The van der Waals surface area contributed by atoms with Crippen LogP contribution in [-0.4, -0.2) is 9.97 Å². The summed E-state index contributed by atoms with van der Waals surface area (Å²) in [6, 6.07) is 5.16. The van der Waals surface area contributed by atoms with E-state index in [4.69, 9.17) is 40.1 Å². The van der Waals surface area contributed by atoms with Crippen molar-refractivity contribution in [3.8, 4) is 17.2 Å². The van der Waals surface area contributed by atoms with Crippen molar-refractivity contribution in [2.24, 2.45) is 0 Å². The maximum Gasteiger partial charge on any atom is 0.151 e. The van der Waals surface area contributed by atoms with Gasteiger partial charge in [0, 0.05) is 17.3 Å². The first kappa shape index (κ1) is 12.1. The molecule has 0 fully saturated rings. The summed E-state index contributed by atoms with van der Waals surface area (Å²) in [5, 5.41) is 10.0. The summed E-state index contributed by atoms with van der Waals surface area (Å²) in [6.45, 7) is 0. The molecule has 0 aliphatic carbocycles. The Morgan fingerprint density at radius 1 is 1.12 bits per heavy atom. The van der Waals surface area contributed by atoms with Gasteiger partial charge in [-0.3, -0.25) is 0 Å². The fraction of sp³-hybridized carbons (Fsp3) is 0. The van der Waals surface area contributed by atoms with E-state index in [1.165, 1.54) is 12.5 Å². The van der Waals surface area contributed by atoms with Gasteiger partial charge >= 0.3 is 0 Å². The van der Waals surface area contributed by atoms with Crippen LogP contribution in [0, 0.1) is 11.3 Å². The molecule has 0 radical (unpaired) electrons. The predicted molar refractivity (Wildman–Crippen MR) is 67.2 cm³/mol. The molecule has 0 N–H and O–H groups in total. The van der Waals surface area contributed by atoms with Gasteiger partial charge < -0.3 is 0 Å². The first-order valence-corrected chi connectivity index (χ1v) is 5.62. The topological polar surface area (TPSA) is 49.6 Å². The molecule has 17 heavy (non-hydrogen) atoms. The van der Waals surface area contributed by atoms with Crippen LogP contribution in [-0.2, 0) is 0 Å². The van der Waals surface area contributed by atoms with E-state index >= 15 is 0 Å². The van der Waals surface area contributed by atoms with Crippen LogP contribution >= 0.6 is 34.8 Å². The standard InChI is InChI=1S/C11H4Cl3N3/c12-7-1-2-8(13)11(14)10(7)6-4-16-5-17-9(6)3-15/h1-2,4-5H. The molecular weight excluding hydrogens is 281 g/mol. The first-order valence-electron chi connectivity index (χ1n) is 4.49. The van der Waals surface area contributed by atoms with Crippen LogP contribution in [0.25, 0.3) is 11.1 Å². The Morgan fingerprint density at radius 2 is 1.82 bits per heavy atom. The Kier molecular flexibility index (Phi) is 3.49. The monoisotopic (exact) mass is 283 g/mol. The van der Waals surface area contributed by atoms with Crippen molar-refractivity contribution in [1.82, 2.24) is 9.97 Å². The fourth-order valence-electron chi connectivity index (χ4n) is 1.38. The van der Waals surface area contributed by atoms with Crippen molar-refractivity contribution in [2.75, 3.05) is 0 Å². The number of rotatable bonds is 1. The molecule has 2 rings (SSSR count). The van der Waals surface area contributed by atoms with Gasteiger partial charge in [0.25, 0.3) is 0 Å². The van der Waals surface area contributed by atoms with E-state index in [1.54, 1.807) is 12.1 Å². The van der Waals surface area contributed by atoms with Gasteiger partial charge in [0.15, 0.2) is 5.69 Å². The molecule has 0 spiro atoms. The highest BCUT2D eigenvalue weighted by molar-refractivity contribution is 6.46. The lowest BCUT2D eigenvalue weighted by molar-refractivity contribution is 1.14. The number of nitriles is 1. The predicted octanol–water partition coefficient (Wildman–Crippen LogP) is 3.98. The zero-order chi connectivity index (χ0) is 12.4. The molecule has 1 aromatic heterocycles. The van der Waals surface area contributed by atoms with Crippen LogP contribution in [0.1, 0.15) is 5.69 Å². The van der Waals surface area contributed by atoms with Crippen LogP contribution in [0.15, 0.2) is 24.7 Å².